The number of piperidine rings is 1. The summed E-state index contributed by atoms with van der Waals surface area (Å²) in [5.74, 6) is 0. The molecule has 1 N–H and O–H groups in total. The first-order valence-electron chi connectivity index (χ1n) is 8.05. The number of carbonyl (C=O) groups excluding carboxylic acids is 1. The van der Waals surface area contributed by atoms with E-state index in [1.807, 2.05) is 42.6 Å². The molecule has 1 aliphatic heterocycles. The van der Waals surface area contributed by atoms with Crippen LogP contribution < -0.4 is 5.32 Å². The van der Waals surface area contributed by atoms with Gasteiger partial charge in [-0.25, -0.2) is 4.79 Å². The fraction of sp³-hybridized carbons (Fsp3) is 0.750. The van der Waals surface area contributed by atoms with E-state index >= 15 is 0 Å². The molecule has 0 saturated carbocycles. The Hall–Kier alpha value is -1.56. The summed E-state index contributed by atoms with van der Waals surface area (Å²) >= 11 is 0. The summed E-state index contributed by atoms with van der Waals surface area (Å²) in [5.41, 5.74) is -0.440. The number of rotatable bonds is 4. The first kappa shape index (κ1) is 16.8. The summed E-state index contributed by atoms with van der Waals surface area (Å²) in [6.07, 6.45) is 5.64. The maximum atomic E-state index is 12.2. The lowest BCUT2D eigenvalue weighted by molar-refractivity contribution is 0.0183. The van der Waals surface area contributed by atoms with Crippen LogP contribution in [0.3, 0.4) is 0 Å². The lowest BCUT2D eigenvalue weighted by Gasteiger charge is -2.35. The predicted octanol–water partition coefficient (Wildman–Crippen LogP) is 2.26. The Morgan fingerprint density at radius 1 is 1.50 bits per heavy atom. The lowest BCUT2D eigenvalue weighted by atomic mass is 10.1. The third-order valence-electron chi connectivity index (χ3n) is 3.61. The summed E-state index contributed by atoms with van der Waals surface area (Å²) in [6.45, 7) is 10.2. The number of likely N-dealkylation sites (tertiary alicyclic amines) is 1. The molecule has 0 aromatic carbocycles. The topological polar surface area (TPSA) is 59.4 Å². The van der Waals surface area contributed by atoms with E-state index in [1.54, 1.807) is 6.20 Å². The van der Waals surface area contributed by atoms with Gasteiger partial charge in [0, 0.05) is 37.6 Å². The van der Waals surface area contributed by atoms with E-state index in [0.717, 1.165) is 25.9 Å². The molecular formula is C16H28N4O2. The summed E-state index contributed by atoms with van der Waals surface area (Å²) in [6, 6.07) is 2.55. The van der Waals surface area contributed by atoms with E-state index in [-0.39, 0.29) is 6.09 Å². The number of ether oxygens (including phenoxy) is 1. The molecule has 0 spiro atoms. The Kier molecular flexibility index (Phi) is 5.45. The fourth-order valence-corrected chi connectivity index (χ4v) is 2.75. The molecule has 1 saturated heterocycles. The van der Waals surface area contributed by atoms with E-state index in [0.29, 0.717) is 18.6 Å². The molecule has 2 heterocycles. The third kappa shape index (κ3) is 5.33. The van der Waals surface area contributed by atoms with Crippen molar-refractivity contribution in [3.05, 3.63) is 18.5 Å². The number of nitrogens with one attached hydrogen (secondary N) is 1. The largest absolute Gasteiger partial charge is 0.444 e. The highest BCUT2D eigenvalue weighted by molar-refractivity contribution is 5.68. The van der Waals surface area contributed by atoms with Gasteiger partial charge < -0.3 is 15.0 Å². The summed E-state index contributed by atoms with van der Waals surface area (Å²) in [4.78, 5) is 14.0. The SMILES string of the molecule is CC(Cn1cccn1)N[C@H]1CCCN(C(=O)OC(C)(C)C)C1. The number of hydrogen-bond acceptors (Lipinski definition) is 4. The van der Waals surface area contributed by atoms with Gasteiger partial charge in [0.25, 0.3) is 0 Å². The van der Waals surface area contributed by atoms with Gasteiger partial charge in [-0.3, -0.25) is 4.68 Å². The minimum atomic E-state index is -0.440. The first-order valence-corrected chi connectivity index (χ1v) is 8.05. The smallest absolute Gasteiger partial charge is 0.410 e. The van der Waals surface area contributed by atoms with Gasteiger partial charge in [-0.15, -0.1) is 0 Å². The third-order valence-corrected chi connectivity index (χ3v) is 3.61. The molecule has 2 rings (SSSR count). The minimum Gasteiger partial charge on any atom is -0.444 e. The molecule has 0 aliphatic carbocycles. The molecule has 1 aromatic heterocycles. The highest BCUT2D eigenvalue weighted by Gasteiger charge is 2.28. The Morgan fingerprint density at radius 2 is 2.27 bits per heavy atom. The molecule has 1 fully saturated rings. The van der Waals surface area contributed by atoms with Gasteiger partial charge in [0.2, 0.25) is 0 Å². The van der Waals surface area contributed by atoms with Crippen LogP contribution in [0.4, 0.5) is 4.79 Å². The second kappa shape index (κ2) is 7.13. The number of hydrogen-bond donors (Lipinski definition) is 1. The van der Waals surface area contributed by atoms with Crippen molar-refractivity contribution in [3.63, 3.8) is 0 Å². The predicted molar refractivity (Wildman–Crippen MR) is 85.7 cm³/mol. The standard InChI is InChI=1S/C16H28N4O2/c1-13(11-20-10-6-8-17-20)18-14-7-5-9-19(12-14)15(21)22-16(2,3)4/h6,8,10,13-14,18H,5,7,9,11-12H2,1-4H3/t13?,14-/m0/s1. The van der Waals surface area contributed by atoms with Gasteiger partial charge in [0.05, 0.1) is 6.54 Å². The summed E-state index contributed by atoms with van der Waals surface area (Å²) in [5, 5.41) is 7.82. The van der Waals surface area contributed by atoms with Gasteiger partial charge >= 0.3 is 6.09 Å². The van der Waals surface area contributed by atoms with Gasteiger partial charge in [0.15, 0.2) is 0 Å². The van der Waals surface area contributed by atoms with Gasteiger partial charge in [0.1, 0.15) is 5.60 Å². The van der Waals surface area contributed by atoms with Crippen molar-refractivity contribution >= 4 is 6.09 Å². The molecule has 6 heteroatoms. The van der Waals surface area contributed by atoms with E-state index in [9.17, 15) is 4.79 Å². The highest BCUT2D eigenvalue weighted by Crippen LogP contribution is 2.15. The average Bonchev–Trinajstić information content (AvgIpc) is 2.89. The van der Waals surface area contributed by atoms with Crippen molar-refractivity contribution < 1.29 is 9.53 Å². The molecule has 22 heavy (non-hydrogen) atoms. The Balaban J connectivity index is 1.81. The molecule has 1 aromatic rings. The second-order valence-electron chi connectivity index (χ2n) is 7.06. The number of nitrogens with zero attached hydrogens (tertiary/aromatic N) is 3. The zero-order valence-electron chi connectivity index (χ0n) is 14.1. The maximum Gasteiger partial charge on any atom is 0.410 e. The van der Waals surface area contributed by atoms with Crippen LogP contribution >= 0.6 is 0 Å². The zero-order chi connectivity index (χ0) is 16.2. The number of amides is 1. The maximum absolute atomic E-state index is 12.2. The molecule has 0 radical (unpaired) electrons. The summed E-state index contributed by atoms with van der Waals surface area (Å²) in [7, 11) is 0. The Labute approximate surface area is 132 Å². The fourth-order valence-electron chi connectivity index (χ4n) is 2.75. The number of aromatic nitrogens is 2. The molecule has 124 valence electrons. The highest BCUT2D eigenvalue weighted by atomic mass is 16.6. The average molecular weight is 308 g/mol. The number of carbonyl (C=O) groups is 1. The van der Waals surface area contributed by atoms with Crippen LogP contribution in [0.25, 0.3) is 0 Å². The Bertz CT molecular complexity index is 467. The molecule has 1 aliphatic rings. The van der Waals surface area contributed by atoms with E-state index < -0.39 is 5.60 Å². The Morgan fingerprint density at radius 3 is 2.91 bits per heavy atom. The first-order chi connectivity index (χ1) is 10.3. The van der Waals surface area contributed by atoms with Gasteiger partial charge in [-0.05, 0) is 46.6 Å². The van der Waals surface area contributed by atoms with Crippen LogP contribution in [0.1, 0.15) is 40.5 Å². The van der Waals surface area contributed by atoms with Crippen LogP contribution in [0, 0.1) is 0 Å². The van der Waals surface area contributed by atoms with E-state index in [4.69, 9.17) is 4.74 Å². The van der Waals surface area contributed by atoms with Crippen molar-refractivity contribution in [2.75, 3.05) is 13.1 Å². The molecule has 0 bridgehead atoms. The molecule has 1 unspecified atom stereocenters. The van der Waals surface area contributed by atoms with E-state index in [2.05, 4.69) is 17.3 Å². The molecule has 2 atom stereocenters. The lowest BCUT2D eigenvalue weighted by Crippen LogP contribution is -2.51. The minimum absolute atomic E-state index is 0.210. The van der Waals surface area contributed by atoms with Crippen LogP contribution in [-0.4, -0.2) is 51.5 Å². The molecule has 1 amide bonds. The van der Waals surface area contributed by atoms with Gasteiger partial charge in [-0.2, -0.15) is 5.10 Å². The van der Waals surface area contributed by atoms with E-state index in [1.165, 1.54) is 0 Å². The monoisotopic (exact) mass is 308 g/mol. The van der Waals surface area contributed by atoms with Crippen molar-refractivity contribution in [1.82, 2.24) is 20.0 Å². The van der Waals surface area contributed by atoms with Crippen LogP contribution in [-0.2, 0) is 11.3 Å². The zero-order valence-corrected chi connectivity index (χ0v) is 14.1. The van der Waals surface area contributed by atoms with Crippen molar-refractivity contribution in [3.8, 4) is 0 Å². The van der Waals surface area contributed by atoms with Crippen molar-refractivity contribution in [1.29, 1.82) is 0 Å². The van der Waals surface area contributed by atoms with Crippen molar-refractivity contribution in [2.24, 2.45) is 0 Å². The molecular weight excluding hydrogens is 280 g/mol. The normalized spacial score (nSPS) is 20.7. The van der Waals surface area contributed by atoms with Crippen LogP contribution in [0.15, 0.2) is 18.5 Å². The van der Waals surface area contributed by atoms with Crippen LogP contribution in [0.5, 0.6) is 0 Å². The van der Waals surface area contributed by atoms with Crippen molar-refractivity contribution in [2.45, 2.75) is 64.8 Å². The van der Waals surface area contributed by atoms with Gasteiger partial charge in [-0.1, -0.05) is 0 Å². The van der Waals surface area contributed by atoms with Crippen LogP contribution in [0.2, 0.25) is 0 Å². The quantitative estimate of drug-likeness (QED) is 0.927. The summed E-state index contributed by atoms with van der Waals surface area (Å²) < 4.78 is 7.38. The second-order valence-corrected chi connectivity index (χ2v) is 7.06. The molecule has 6 nitrogen and oxygen atoms in total.